The van der Waals surface area contributed by atoms with Gasteiger partial charge in [-0.3, -0.25) is 4.79 Å². The molecule has 0 radical (unpaired) electrons. The van der Waals surface area contributed by atoms with Crippen molar-refractivity contribution in [3.63, 3.8) is 0 Å². The molecule has 0 rings (SSSR count). The SMILES string of the molecule is CCCC(CC)(OC(=O)C(C)(C)CC(C)(C)C)C(C)C. The lowest BCUT2D eigenvalue weighted by Crippen LogP contribution is -2.44. The first-order valence-corrected chi connectivity index (χ1v) is 8.13. The molecule has 0 fully saturated rings. The van der Waals surface area contributed by atoms with Crippen LogP contribution in [0.5, 0.6) is 0 Å². The first kappa shape index (κ1) is 19.5. The zero-order valence-corrected chi connectivity index (χ0v) is 15.2. The Morgan fingerprint density at radius 2 is 1.55 bits per heavy atom. The van der Waals surface area contributed by atoms with Crippen molar-refractivity contribution >= 4 is 5.97 Å². The van der Waals surface area contributed by atoms with Crippen LogP contribution in [0, 0.1) is 16.7 Å². The van der Waals surface area contributed by atoms with E-state index in [0.717, 1.165) is 25.7 Å². The second-order valence-corrected chi connectivity index (χ2v) is 8.33. The maximum Gasteiger partial charge on any atom is 0.312 e. The molecule has 0 amide bonds. The van der Waals surface area contributed by atoms with Crippen LogP contribution < -0.4 is 0 Å². The van der Waals surface area contributed by atoms with Crippen LogP contribution in [0.4, 0.5) is 0 Å². The highest BCUT2D eigenvalue weighted by molar-refractivity contribution is 5.76. The van der Waals surface area contributed by atoms with E-state index in [1.54, 1.807) is 0 Å². The van der Waals surface area contributed by atoms with E-state index < -0.39 is 5.41 Å². The second-order valence-electron chi connectivity index (χ2n) is 8.33. The summed E-state index contributed by atoms with van der Waals surface area (Å²) in [5, 5.41) is 0. The second kappa shape index (κ2) is 6.95. The molecule has 0 spiro atoms. The maximum atomic E-state index is 12.7. The largest absolute Gasteiger partial charge is 0.458 e. The normalized spacial score (nSPS) is 16.1. The number of hydrogen-bond donors (Lipinski definition) is 0. The van der Waals surface area contributed by atoms with E-state index in [4.69, 9.17) is 4.74 Å². The third kappa shape index (κ3) is 5.46. The summed E-state index contributed by atoms with van der Waals surface area (Å²) in [6.07, 6.45) is 3.70. The Hall–Kier alpha value is -0.530. The van der Waals surface area contributed by atoms with Crippen LogP contribution >= 0.6 is 0 Å². The van der Waals surface area contributed by atoms with E-state index in [9.17, 15) is 4.79 Å². The van der Waals surface area contributed by atoms with E-state index in [2.05, 4.69) is 48.5 Å². The molecule has 0 aromatic rings. The molecule has 0 aromatic heterocycles. The van der Waals surface area contributed by atoms with Gasteiger partial charge in [-0.1, -0.05) is 54.9 Å². The van der Waals surface area contributed by atoms with Gasteiger partial charge in [0.2, 0.25) is 0 Å². The van der Waals surface area contributed by atoms with Gasteiger partial charge in [0.1, 0.15) is 5.60 Å². The van der Waals surface area contributed by atoms with Gasteiger partial charge in [0, 0.05) is 0 Å². The summed E-state index contributed by atoms with van der Waals surface area (Å²) in [6.45, 7) is 19.1. The van der Waals surface area contributed by atoms with Crippen LogP contribution in [0.15, 0.2) is 0 Å². The van der Waals surface area contributed by atoms with Crippen molar-refractivity contribution in [2.45, 2.75) is 93.6 Å². The number of esters is 1. The fraction of sp³-hybridized carbons (Fsp3) is 0.944. The number of rotatable bonds is 7. The van der Waals surface area contributed by atoms with Crippen molar-refractivity contribution in [2.75, 3.05) is 0 Å². The first-order chi connectivity index (χ1) is 8.90. The van der Waals surface area contributed by atoms with Crippen LogP contribution in [-0.4, -0.2) is 11.6 Å². The van der Waals surface area contributed by atoms with Crippen molar-refractivity contribution in [1.82, 2.24) is 0 Å². The molecule has 0 aliphatic carbocycles. The Morgan fingerprint density at radius 1 is 1.05 bits per heavy atom. The standard InChI is InChI=1S/C18H36O2/c1-10-12-18(11-2,14(3)4)20-15(19)17(8,9)13-16(5,6)7/h14H,10-13H2,1-9H3. The van der Waals surface area contributed by atoms with Crippen LogP contribution in [0.25, 0.3) is 0 Å². The Balaban J connectivity index is 5.10. The molecular formula is C18H36O2. The van der Waals surface area contributed by atoms with Crippen LogP contribution in [0.1, 0.15) is 88.0 Å². The quantitative estimate of drug-likeness (QED) is 0.569. The van der Waals surface area contributed by atoms with Gasteiger partial charge in [-0.2, -0.15) is 0 Å². The molecule has 2 nitrogen and oxygen atoms in total. The molecule has 0 saturated carbocycles. The van der Waals surface area contributed by atoms with Crippen molar-refractivity contribution in [3.05, 3.63) is 0 Å². The summed E-state index contributed by atoms with van der Waals surface area (Å²) < 4.78 is 6.06. The topological polar surface area (TPSA) is 26.3 Å². The Morgan fingerprint density at radius 3 is 1.85 bits per heavy atom. The van der Waals surface area contributed by atoms with Crippen LogP contribution in [0.2, 0.25) is 0 Å². The number of hydrogen-bond acceptors (Lipinski definition) is 2. The van der Waals surface area contributed by atoms with Gasteiger partial charge >= 0.3 is 5.97 Å². The molecule has 20 heavy (non-hydrogen) atoms. The summed E-state index contributed by atoms with van der Waals surface area (Å²) in [7, 11) is 0. The average Bonchev–Trinajstić information content (AvgIpc) is 2.24. The lowest BCUT2D eigenvalue weighted by atomic mass is 9.76. The fourth-order valence-corrected chi connectivity index (χ4v) is 3.26. The van der Waals surface area contributed by atoms with E-state index in [-0.39, 0.29) is 17.0 Å². The number of carbonyl (C=O) groups is 1. The van der Waals surface area contributed by atoms with E-state index in [0.29, 0.717) is 5.92 Å². The van der Waals surface area contributed by atoms with Crippen LogP contribution in [-0.2, 0) is 9.53 Å². The molecular weight excluding hydrogens is 248 g/mol. The molecule has 1 unspecified atom stereocenters. The minimum Gasteiger partial charge on any atom is -0.458 e. The van der Waals surface area contributed by atoms with E-state index in [1.807, 2.05) is 13.8 Å². The van der Waals surface area contributed by atoms with Gasteiger partial charge < -0.3 is 4.74 Å². The van der Waals surface area contributed by atoms with Gasteiger partial charge in [-0.05, 0) is 44.4 Å². The summed E-state index contributed by atoms with van der Waals surface area (Å²) in [4.78, 5) is 12.7. The summed E-state index contributed by atoms with van der Waals surface area (Å²) in [5.41, 5.74) is -0.609. The summed E-state index contributed by atoms with van der Waals surface area (Å²) >= 11 is 0. The predicted octanol–water partition coefficient (Wildman–Crippen LogP) is 5.60. The lowest BCUT2D eigenvalue weighted by Gasteiger charge is -2.40. The lowest BCUT2D eigenvalue weighted by molar-refractivity contribution is -0.179. The molecule has 0 bridgehead atoms. The first-order valence-electron chi connectivity index (χ1n) is 8.13. The summed E-state index contributed by atoms with van der Waals surface area (Å²) in [6, 6.07) is 0. The van der Waals surface area contributed by atoms with Crippen molar-refractivity contribution in [2.24, 2.45) is 16.7 Å². The minimum absolute atomic E-state index is 0.0450. The number of ether oxygens (including phenoxy) is 1. The minimum atomic E-state index is -0.429. The van der Waals surface area contributed by atoms with Crippen LogP contribution in [0.3, 0.4) is 0 Å². The third-order valence-electron chi connectivity index (χ3n) is 4.14. The van der Waals surface area contributed by atoms with Crippen molar-refractivity contribution in [3.8, 4) is 0 Å². The van der Waals surface area contributed by atoms with E-state index >= 15 is 0 Å². The van der Waals surface area contributed by atoms with Crippen molar-refractivity contribution in [1.29, 1.82) is 0 Å². The molecule has 0 N–H and O–H groups in total. The van der Waals surface area contributed by atoms with Crippen molar-refractivity contribution < 1.29 is 9.53 Å². The Bertz CT molecular complexity index is 310. The zero-order valence-electron chi connectivity index (χ0n) is 15.2. The predicted molar refractivity (Wildman–Crippen MR) is 86.7 cm³/mol. The highest BCUT2D eigenvalue weighted by atomic mass is 16.6. The molecule has 2 heteroatoms. The smallest absolute Gasteiger partial charge is 0.312 e. The van der Waals surface area contributed by atoms with E-state index in [1.165, 1.54) is 0 Å². The zero-order chi connectivity index (χ0) is 16.2. The monoisotopic (exact) mass is 284 g/mol. The molecule has 0 saturated heterocycles. The Kier molecular flexibility index (Phi) is 6.77. The molecule has 0 aliphatic heterocycles. The maximum absolute atomic E-state index is 12.7. The fourth-order valence-electron chi connectivity index (χ4n) is 3.26. The highest BCUT2D eigenvalue weighted by Crippen LogP contribution is 2.38. The van der Waals surface area contributed by atoms with Gasteiger partial charge in [0.05, 0.1) is 5.41 Å². The van der Waals surface area contributed by atoms with Gasteiger partial charge in [0.25, 0.3) is 0 Å². The van der Waals surface area contributed by atoms with Gasteiger partial charge in [0.15, 0.2) is 0 Å². The summed E-state index contributed by atoms with van der Waals surface area (Å²) in [5.74, 6) is 0.304. The Labute approximate surface area is 126 Å². The molecule has 0 aromatic carbocycles. The van der Waals surface area contributed by atoms with Gasteiger partial charge in [-0.25, -0.2) is 0 Å². The molecule has 0 aliphatic rings. The van der Waals surface area contributed by atoms with Gasteiger partial charge in [-0.15, -0.1) is 0 Å². The third-order valence-corrected chi connectivity index (χ3v) is 4.14. The molecule has 0 heterocycles. The average molecular weight is 284 g/mol. The highest BCUT2D eigenvalue weighted by Gasteiger charge is 2.41. The molecule has 1 atom stereocenters. The number of carbonyl (C=O) groups excluding carboxylic acids is 1. The molecule has 120 valence electrons.